The quantitative estimate of drug-likeness (QED) is 0.0957. The van der Waals surface area contributed by atoms with Gasteiger partial charge in [0.15, 0.2) is 0 Å². The molecule has 0 saturated carbocycles. The molecule has 0 aliphatic rings. The van der Waals surface area contributed by atoms with Gasteiger partial charge in [-0.2, -0.15) is 0 Å². The Morgan fingerprint density at radius 2 is 1.24 bits per heavy atom. The lowest BCUT2D eigenvalue weighted by atomic mass is 10.0. The van der Waals surface area contributed by atoms with Gasteiger partial charge in [-0.1, -0.05) is 13.8 Å². The number of carbonyl (C=O) groups is 6. The average molecular weight is 488 g/mol. The highest BCUT2D eigenvalue weighted by molar-refractivity contribution is 5.96. The van der Waals surface area contributed by atoms with Crippen LogP contribution in [0.3, 0.4) is 0 Å². The Kier molecular flexibility index (Phi) is 14.1. The highest BCUT2D eigenvalue weighted by Gasteiger charge is 2.31. The van der Waals surface area contributed by atoms with Crippen molar-refractivity contribution in [1.29, 1.82) is 0 Å². The fraction of sp³-hybridized carbons (Fsp3) is 0.700. The standard InChI is InChI=1S/C20H37N7O7/c1-10(2)7-11(22)17(30)26-13(8-15(23)28)19(32)25-12(5-3-4-6-21)18(31)27-14(20(33)34)9-16(24)29/h10-14H,3-9,21-22H2,1-2H3,(H2,23,28)(H2,24,29)(H,25,32)(H,26,30)(H,27,31)(H,33,34). The molecular formula is C20H37N7O7. The minimum Gasteiger partial charge on any atom is -0.480 e. The number of hydrogen-bond acceptors (Lipinski definition) is 8. The first-order chi connectivity index (χ1) is 15.8. The molecular weight excluding hydrogens is 450 g/mol. The van der Waals surface area contributed by atoms with Gasteiger partial charge in [0.05, 0.1) is 18.9 Å². The topological polar surface area (TPSA) is 263 Å². The molecule has 4 unspecified atom stereocenters. The Morgan fingerprint density at radius 3 is 1.71 bits per heavy atom. The molecule has 14 nitrogen and oxygen atoms in total. The summed E-state index contributed by atoms with van der Waals surface area (Å²) in [5, 5.41) is 16.1. The van der Waals surface area contributed by atoms with E-state index in [2.05, 4.69) is 16.0 Å². The fourth-order valence-corrected chi connectivity index (χ4v) is 3.01. The Bertz CT molecular complexity index is 745. The van der Waals surface area contributed by atoms with Crippen LogP contribution in [0.25, 0.3) is 0 Å². The number of aliphatic carboxylic acids is 1. The van der Waals surface area contributed by atoms with E-state index in [4.69, 9.17) is 22.9 Å². The van der Waals surface area contributed by atoms with Gasteiger partial charge in [-0.25, -0.2) is 4.79 Å². The predicted molar refractivity (Wildman–Crippen MR) is 121 cm³/mol. The molecule has 0 aliphatic carbocycles. The van der Waals surface area contributed by atoms with Crippen molar-refractivity contribution in [1.82, 2.24) is 16.0 Å². The van der Waals surface area contributed by atoms with E-state index in [1.807, 2.05) is 13.8 Å². The van der Waals surface area contributed by atoms with Crippen LogP contribution < -0.4 is 38.9 Å². The van der Waals surface area contributed by atoms with E-state index in [9.17, 15) is 33.9 Å². The van der Waals surface area contributed by atoms with Crippen LogP contribution in [0.4, 0.5) is 0 Å². The third kappa shape index (κ3) is 12.7. The van der Waals surface area contributed by atoms with Gasteiger partial charge in [0, 0.05) is 0 Å². The maximum atomic E-state index is 12.8. The number of carboxylic acid groups (broad SMARTS) is 1. The van der Waals surface area contributed by atoms with E-state index >= 15 is 0 Å². The maximum Gasteiger partial charge on any atom is 0.326 e. The molecule has 0 aromatic heterocycles. The molecule has 0 saturated heterocycles. The van der Waals surface area contributed by atoms with Gasteiger partial charge < -0.3 is 44.0 Å². The highest BCUT2D eigenvalue weighted by atomic mass is 16.4. The van der Waals surface area contributed by atoms with Crippen LogP contribution in [-0.4, -0.2) is 71.3 Å². The van der Waals surface area contributed by atoms with Crippen LogP contribution in [0, 0.1) is 5.92 Å². The first-order valence-electron chi connectivity index (χ1n) is 10.9. The number of carboxylic acids is 1. The Morgan fingerprint density at radius 1 is 0.765 bits per heavy atom. The second-order valence-corrected chi connectivity index (χ2v) is 8.38. The molecule has 0 rings (SSSR count). The van der Waals surface area contributed by atoms with Crippen molar-refractivity contribution in [3.63, 3.8) is 0 Å². The van der Waals surface area contributed by atoms with Gasteiger partial charge in [0.2, 0.25) is 29.5 Å². The molecule has 0 bridgehead atoms. The molecule has 4 atom stereocenters. The molecule has 14 heteroatoms. The van der Waals surface area contributed by atoms with Crippen molar-refractivity contribution in [2.45, 2.75) is 76.5 Å². The van der Waals surface area contributed by atoms with E-state index in [1.165, 1.54) is 0 Å². The summed E-state index contributed by atoms with van der Waals surface area (Å²) >= 11 is 0. The number of nitrogens with one attached hydrogen (secondary N) is 3. The SMILES string of the molecule is CC(C)CC(N)C(=O)NC(CC(N)=O)C(=O)NC(CCCCN)C(=O)NC(CC(N)=O)C(=O)O. The first kappa shape index (κ1) is 30.7. The Hall–Kier alpha value is -3.26. The normalized spacial score (nSPS) is 14.4. The van der Waals surface area contributed by atoms with Gasteiger partial charge in [0.1, 0.15) is 18.1 Å². The lowest BCUT2D eigenvalue weighted by Gasteiger charge is -2.25. The van der Waals surface area contributed by atoms with Crippen LogP contribution in [0.15, 0.2) is 0 Å². The minimum absolute atomic E-state index is 0.0712. The summed E-state index contributed by atoms with van der Waals surface area (Å²) in [7, 11) is 0. The van der Waals surface area contributed by atoms with Gasteiger partial charge in [-0.05, 0) is 38.1 Å². The second kappa shape index (κ2) is 15.6. The summed E-state index contributed by atoms with van der Waals surface area (Å²) in [6, 6.07) is -5.19. The van der Waals surface area contributed by atoms with Crippen LogP contribution >= 0.6 is 0 Å². The summed E-state index contributed by atoms with van der Waals surface area (Å²) in [5.41, 5.74) is 21.5. The van der Waals surface area contributed by atoms with Crippen LogP contribution in [0.2, 0.25) is 0 Å². The summed E-state index contributed by atoms with van der Waals surface area (Å²) < 4.78 is 0. The Balaban J connectivity index is 5.55. The highest BCUT2D eigenvalue weighted by Crippen LogP contribution is 2.06. The van der Waals surface area contributed by atoms with E-state index in [-0.39, 0.29) is 12.3 Å². The molecule has 12 N–H and O–H groups in total. The summed E-state index contributed by atoms with van der Waals surface area (Å²) in [6.45, 7) is 4.03. The molecule has 194 valence electrons. The van der Waals surface area contributed by atoms with E-state index in [0.717, 1.165) is 0 Å². The van der Waals surface area contributed by atoms with E-state index in [0.29, 0.717) is 25.8 Å². The first-order valence-corrected chi connectivity index (χ1v) is 10.9. The monoisotopic (exact) mass is 487 g/mol. The molecule has 0 heterocycles. The third-order valence-corrected chi connectivity index (χ3v) is 4.70. The molecule has 0 radical (unpaired) electrons. The molecule has 0 aromatic rings. The van der Waals surface area contributed by atoms with Crippen molar-refractivity contribution in [2.75, 3.05) is 6.54 Å². The number of carbonyl (C=O) groups excluding carboxylic acids is 5. The molecule has 0 spiro atoms. The lowest BCUT2D eigenvalue weighted by Crippen LogP contribution is -2.58. The van der Waals surface area contributed by atoms with Crippen molar-refractivity contribution in [2.24, 2.45) is 28.9 Å². The van der Waals surface area contributed by atoms with Crippen LogP contribution in [0.5, 0.6) is 0 Å². The predicted octanol–water partition coefficient (Wildman–Crippen LogP) is -3.22. The number of amides is 5. The average Bonchev–Trinajstić information content (AvgIpc) is 2.70. The summed E-state index contributed by atoms with van der Waals surface area (Å²) in [5.74, 6) is -5.67. The largest absolute Gasteiger partial charge is 0.480 e. The molecule has 0 fully saturated rings. The summed E-state index contributed by atoms with van der Waals surface area (Å²) in [4.78, 5) is 71.8. The lowest BCUT2D eigenvalue weighted by molar-refractivity contribution is -0.144. The molecule has 0 aliphatic heterocycles. The number of unbranched alkanes of at least 4 members (excludes halogenated alkanes) is 1. The van der Waals surface area contributed by atoms with Crippen molar-refractivity contribution in [3.8, 4) is 0 Å². The summed E-state index contributed by atoms with van der Waals surface area (Å²) in [6.07, 6.45) is 0.101. The van der Waals surface area contributed by atoms with Crippen molar-refractivity contribution in [3.05, 3.63) is 0 Å². The van der Waals surface area contributed by atoms with Crippen LogP contribution in [0.1, 0.15) is 52.4 Å². The van der Waals surface area contributed by atoms with Gasteiger partial charge in [-0.15, -0.1) is 0 Å². The number of rotatable bonds is 17. The Labute approximate surface area is 197 Å². The van der Waals surface area contributed by atoms with Crippen molar-refractivity contribution >= 4 is 35.5 Å². The van der Waals surface area contributed by atoms with Gasteiger partial charge in [0.25, 0.3) is 0 Å². The third-order valence-electron chi connectivity index (χ3n) is 4.70. The zero-order valence-corrected chi connectivity index (χ0v) is 19.5. The van der Waals surface area contributed by atoms with Crippen molar-refractivity contribution < 1.29 is 33.9 Å². The second-order valence-electron chi connectivity index (χ2n) is 8.38. The zero-order chi connectivity index (χ0) is 26.4. The fourth-order valence-electron chi connectivity index (χ4n) is 3.01. The van der Waals surface area contributed by atoms with E-state index in [1.54, 1.807) is 0 Å². The minimum atomic E-state index is -1.60. The van der Waals surface area contributed by atoms with Gasteiger partial charge in [-0.3, -0.25) is 24.0 Å². The maximum absolute atomic E-state index is 12.8. The molecule has 5 amide bonds. The molecule has 34 heavy (non-hydrogen) atoms. The van der Waals surface area contributed by atoms with Gasteiger partial charge >= 0.3 is 5.97 Å². The van der Waals surface area contributed by atoms with E-state index < -0.39 is 72.5 Å². The number of hydrogen-bond donors (Lipinski definition) is 8. The zero-order valence-electron chi connectivity index (χ0n) is 19.5. The number of nitrogens with two attached hydrogens (primary N) is 4. The number of primary amides is 2. The van der Waals surface area contributed by atoms with Crippen LogP contribution in [-0.2, 0) is 28.8 Å². The molecule has 0 aromatic carbocycles. The smallest absolute Gasteiger partial charge is 0.326 e.